The van der Waals surface area contributed by atoms with Gasteiger partial charge in [0.2, 0.25) is 0 Å². The summed E-state index contributed by atoms with van der Waals surface area (Å²) >= 11 is 0. The van der Waals surface area contributed by atoms with Crippen LogP contribution in [0, 0.1) is 5.92 Å². The van der Waals surface area contributed by atoms with Crippen molar-refractivity contribution in [2.24, 2.45) is 5.92 Å². The van der Waals surface area contributed by atoms with E-state index in [4.69, 9.17) is 9.84 Å². The molecule has 2 N–H and O–H groups in total. The Bertz CT molecular complexity index is 496. The molecule has 0 fully saturated rings. The standard InChI is InChI=1S/C17H25NO4/c1-5-12(4)22-14-8-6-13(7-9-14)16(19)18-15(17(20)21)10-11(2)3/h6-9,11-12,15H,5,10H2,1-4H3,(H,18,19)(H,20,21)/t12?,15-/m1/s1. The first-order chi connectivity index (χ1) is 10.3. The first kappa shape index (κ1) is 18.0. The molecule has 2 atom stereocenters. The first-order valence-corrected chi connectivity index (χ1v) is 7.63. The molecule has 122 valence electrons. The second kappa shape index (κ2) is 8.41. The molecule has 1 aromatic carbocycles. The van der Waals surface area contributed by atoms with E-state index in [1.165, 1.54) is 0 Å². The number of hydrogen-bond acceptors (Lipinski definition) is 3. The second-order valence-electron chi connectivity index (χ2n) is 5.85. The van der Waals surface area contributed by atoms with E-state index in [-0.39, 0.29) is 17.9 Å². The summed E-state index contributed by atoms with van der Waals surface area (Å²) in [6, 6.07) is 5.85. The van der Waals surface area contributed by atoms with Gasteiger partial charge in [-0.05, 0) is 49.9 Å². The maximum Gasteiger partial charge on any atom is 0.326 e. The van der Waals surface area contributed by atoms with E-state index in [0.29, 0.717) is 17.7 Å². The molecule has 0 spiro atoms. The Kier molecular flexibility index (Phi) is 6.89. The van der Waals surface area contributed by atoms with Gasteiger partial charge in [-0.25, -0.2) is 4.79 Å². The SMILES string of the molecule is CCC(C)Oc1ccc(C(=O)N[C@H](CC(C)C)C(=O)O)cc1. The van der Waals surface area contributed by atoms with Crippen molar-refractivity contribution in [1.29, 1.82) is 0 Å². The van der Waals surface area contributed by atoms with Gasteiger partial charge >= 0.3 is 5.97 Å². The number of hydrogen-bond donors (Lipinski definition) is 2. The number of ether oxygens (including phenoxy) is 1. The lowest BCUT2D eigenvalue weighted by Crippen LogP contribution is -2.41. The van der Waals surface area contributed by atoms with Gasteiger partial charge < -0.3 is 15.2 Å². The van der Waals surface area contributed by atoms with Crippen molar-refractivity contribution in [3.8, 4) is 5.75 Å². The van der Waals surface area contributed by atoms with Crippen LogP contribution in [0.15, 0.2) is 24.3 Å². The highest BCUT2D eigenvalue weighted by Crippen LogP contribution is 2.15. The van der Waals surface area contributed by atoms with Gasteiger partial charge in [-0.15, -0.1) is 0 Å². The van der Waals surface area contributed by atoms with E-state index in [1.54, 1.807) is 24.3 Å². The summed E-state index contributed by atoms with van der Waals surface area (Å²) in [5, 5.41) is 11.7. The maximum absolute atomic E-state index is 12.1. The third-order valence-electron chi connectivity index (χ3n) is 3.34. The van der Waals surface area contributed by atoms with E-state index in [9.17, 15) is 9.59 Å². The Balaban J connectivity index is 2.70. The van der Waals surface area contributed by atoms with Gasteiger partial charge in [-0.1, -0.05) is 20.8 Å². The van der Waals surface area contributed by atoms with Crippen LogP contribution in [0.3, 0.4) is 0 Å². The van der Waals surface area contributed by atoms with E-state index < -0.39 is 12.0 Å². The Hall–Kier alpha value is -2.04. The smallest absolute Gasteiger partial charge is 0.326 e. The Morgan fingerprint density at radius 3 is 2.23 bits per heavy atom. The predicted octanol–water partition coefficient (Wildman–Crippen LogP) is 3.09. The van der Waals surface area contributed by atoms with Crippen LogP contribution < -0.4 is 10.1 Å². The summed E-state index contributed by atoms with van der Waals surface area (Å²) in [6.07, 6.45) is 1.41. The molecule has 5 heteroatoms. The highest BCUT2D eigenvalue weighted by molar-refractivity contribution is 5.96. The number of rotatable bonds is 8. The number of carbonyl (C=O) groups excluding carboxylic acids is 1. The zero-order chi connectivity index (χ0) is 16.7. The fraction of sp³-hybridized carbons (Fsp3) is 0.529. The lowest BCUT2D eigenvalue weighted by Gasteiger charge is -2.17. The van der Waals surface area contributed by atoms with E-state index in [2.05, 4.69) is 5.32 Å². The quantitative estimate of drug-likeness (QED) is 0.774. The molecule has 0 saturated carbocycles. The molecule has 1 rings (SSSR count). The van der Waals surface area contributed by atoms with Gasteiger partial charge in [0.05, 0.1) is 6.10 Å². The molecule has 0 heterocycles. The van der Waals surface area contributed by atoms with Gasteiger partial charge in [0.15, 0.2) is 0 Å². The molecule has 0 aliphatic rings. The second-order valence-corrected chi connectivity index (χ2v) is 5.85. The van der Waals surface area contributed by atoms with Crippen LogP contribution in [-0.4, -0.2) is 29.1 Å². The third-order valence-corrected chi connectivity index (χ3v) is 3.34. The minimum atomic E-state index is -1.02. The van der Waals surface area contributed by atoms with E-state index >= 15 is 0 Å². The van der Waals surface area contributed by atoms with Crippen LogP contribution in [0.1, 0.15) is 50.9 Å². The number of carbonyl (C=O) groups is 2. The molecular formula is C17H25NO4. The summed E-state index contributed by atoms with van der Waals surface area (Å²) < 4.78 is 5.64. The van der Waals surface area contributed by atoms with Gasteiger partial charge in [-0.2, -0.15) is 0 Å². The summed E-state index contributed by atoms with van der Waals surface area (Å²) in [7, 11) is 0. The number of nitrogens with one attached hydrogen (secondary N) is 1. The minimum absolute atomic E-state index is 0.113. The van der Waals surface area contributed by atoms with Crippen molar-refractivity contribution in [3.63, 3.8) is 0 Å². The molecule has 0 aliphatic heterocycles. The van der Waals surface area contributed by atoms with Crippen LogP contribution in [-0.2, 0) is 4.79 Å². The highest BCUT2D eigenvalue weighted by atomic mass is 16.5. The summed E-state index contributed by atoms with van der Waals surface area (Å²) in [5.74, 6) is -0.516. The zero-order valence-corrected chi connectivity index (χ0v) is 13.6. The van der Waals surface area contributed by atoms with Crippen molar-refractivity contribution in [2.45, 2.75) is 52.7 Å². The Morgan fingerprint density at radius 2 is 1.77 bits per heavy atom. The fourth-order valence-electron chi connectivity index (χ4n) is 1.93. The number of amides is 1. The molecule has 22 heavy (non-hydrogen) atoms. The van der Waals surface area contributed by atoms with Crippen LogP contribution in [0.4, 0.5) is 0 Å². The van der Waals surface area contributed by atoms with Crippen molar-refractivity contribution >= 4 is 11.9 Å². The number of aliphatic carboxylic acids is 1. The van der Waals surface area contributed by atoms with Crippen LogP contribution >= 0.6 is 0 Å². The van der Waals surface area contributed by atoms with Gasteiger partial charge in [-0.3, -0.25) is 4.79 Å². The normalized spacial score (nSPS) is 13.5. The Morgan fingerprint density at radius 1 is 1.18 bits per heavy atom. The fourth-order valence-corrected chi connectivity index (χ4v) is 1.93. The monoisotopic (exact) mass is 307 g/mol. The largest absolute Gasteiger partial charge is 0.491 e. The average Bonchev–Trinajstić information content (AvgIpc) is 2.46. The van der Waals surface area contributed by atoms with Gasteiger partial charge in [0, 0.05) is 5.56 Å². The Labute approximate surface area is 131 Å². The summed E-state index contributed by atoms with van der Waals surface area (Å²) in [5.41, 5.74) is 0.423. The van der Waals surface area contributed by atoms with Crippen LogP contribution in [0.5, 0.6) is 5.75 Å². The predicted molar refractivity (Wildman–Crippen MR) is 85.2 cm³/mol. The molecule has 0 bridgehead atoms. The average molecular weight is 307 g/mol. The lowest BCUT2D eigenvalue weighted by molar-refractivity contribution is -0.139. The van der Waals surface area contributed by atoms with Crippen molar-refractivity contribution in [3.05, 3.63) is 29.8 Å². The first-order valence-electron chi connectivity index (χ1n) is 7.63. The molecule has 0 saturated heterocycles. The van der Waals surface area contributed by atoms with Crippen molar-refractivity contribution in [1.82, 2.24) is 5.32 Å². The molecule has 0 aliphatic carbocycles. The van der Waals surface area contributed by atoms with Crippen LogP contribution in [0.25, 0.3) is 0 Å². The minimum Gasteiger partial charge on any atom is -0.491 e. The highest BCUT2D eigenvalue weighted by Gasteiger charge is 2.21. The zero-order valence-electron chi connectivity index (χ0n) is 13.6. The topological polar surface area (TPSA) is 75.6 Å². The van der Waals surface area contributed by atoms with Gasteiger partial charge in [0.25, 0.3) is 5.91 Å². The summed E-state index contributed by atoms with van der Waals surface area (Å²) in [6.45, 7) is 7.85. The molecule has 1 amide bonds. The van der Waals surface area contributed by atoms with E-state index in [0.717, 1.165) is 6.42 Å². The van der Waals surface area contributed by atoms with E-state index in [1.807, 2.05) is 27.7 Å². The molecule has 5 nitrogen and oxygen atoms in total. The van der Waals surface area contributed by atoms with Crippen molar-refractivity contribution < 1.29 is 19.4 Å². The number of carboxylic acid groups (broad SMARTS) is 1. The lowest BCUT2D eigenvalue weighted by atomic mass is 10.0. The number of carboxylic acids is 1. The van der Waals surface area contributed by atoms with Crippen LogP contribution in [0.2, 0.25) is 0 Å². The molecule has 1 aromatic rings. The van der Waals surface area contributed by atoms with Gasteiger partial charge in [0.1, 0.15) is 11.8 Å². The molecular weight excluding hydrogens is 282 g/mol. The summed E-state index contributed by atoms with van der Waals surface area (Å²) in [4.78, 5) is 23.3. The number of benzene rings is 1. The third kappa shape index (κ3) is 5.76. The molecule has 0 radical (unpaired) electrons. The molecule has 0 aromatic heterocycles. The maximum atomic E-state index is 12.1. The van der Waals surface area contributed by atoms with Crippen molar-refractivity contribution in [2.75, 3.05) is 0 Å². The molecule has 1 unspecified atom stereocenters.